The Balaban J connectivity index is 0. The summed E-state index contributed by atoms with van der Waals surface area (Å²) in [7, 11) is 0. The molecule has 0 aromatic rings. The average molecular weight is 252 g/mol. The van der Waals surface area contributed by atoms with E-state index in [9.17, 15) is 0 Å². The molecule has 0 heterocycles. The van der Waals surface area contributed by atoms with Crippen LogP contribution in [0.25, 0.3) is 0 Å². The van der Waals surface area contributed by atoms with Crippen molar-refractivity contribution in [2.45, 2.75) is 0 Å². The van der Waals surface area contributed by atoms with Crippen molar-refractivity contribution < 1.29 is 0 Å². The molecule has 0 saturated heterocycles. The fourth-order valence-electron chi connectivity index (χ4n) is 0. The summed E-state index contributed by atoms with van der Waals surface area (Å²) in [6, 6.07) is 0. The summed E-state index contributed by atoms with van der Waals surface area (Å²) in [5.41, 5.74) is 0. The van der Waals surface area contributed by atoms with E-state index in [-0.39, 0.29) is 71.5 Å². The van der Waals surface area contributed by atoms with Crippen molar-refractivity contribution in [3.8, 4) is 0 Å². The molecule has 0 saturated carbocycles. The SMILES string of the molecule is P.[Al].[Ga].[Sb]. The molecule has 4 heteroatoms. The molecule has 4 heavy (non-hydrogen) atoms. The number of hydrogen-bond acceptors (Lipinski definition) is 0. The van der Waals surface area contributed by atoms with Crippen LogP contribution in [0, 0.1) is 0 Å². The minimum absolute atomic E-state index is 0. The van der Waals surface area contributed by atoms with Crippen LogP contribution in [0.1, 0.15) is 0 Å². The molecule has 0 aliphatic carbocycles. The average Bonchev–Trinajstić information content (AvgIpc) is 0. The smallest absolute Gasteiger partial charge is 0 e. The van der Waals surface area contributed by atoms with E-state index in [2.05, 4.69) is 0 Å². The summed E-state index contributed by atoms with van der Waals surface area (Å²) in [6.45, 7) is 0. The zero-order valence-corrected chi connectivity index (χ0v) is 9.85. The molecule has 1 atom stereocenters. The van der Waals surface area contributed by atoms with Crippen LogP contribution in [0.3, 0.4) is 0 Å². The Labute approximate surface area is 70.7 Å². The second-order valence-electron chi connectivity index (χ2n) is 0. The van der Waals surface area contributed by atoms with Gasteiger partial charge >= 0.3 is 0 Å². The van der Waals surface area contributed by atoms with Gasteiger partial charge in [0.05, 0.1) is 0 Å². The van der Waals surface area contributed by atoms with Gasteiger partial charge in [0.15, 0.2) is 0 Å². The summed E-state index contributed by atoms with van der Waals surface area (Å²) in [4.78, 5) is 0. The van der Waals surface area contributed by atoms with Crippen LogP contribution in [-0.2, 0) is 0 Å². The summed E-state index contributed by atoms with van der Waals surface area (Å²) >= 11 is 0. The first-order chi connectivity index (χ1) is 0. The quantitative estimate of drug-likeness (QED) is 0.380. The number of hydrogen-bond donors (Lipinski definition) is 0. The van der Waals surface area contributed by atoms with E-state index in [1.54, 1.807) is 0 Å². The van der Waals surface area contributed by atoms with E-state index in [1.165, 1.54) is 0 Å². The van der Waals surface area contributed by atoms with Gasteiger partial charge in [-0.15, -0.1) is 0 Å². The molecule has 0 aliphatic rings. The Morgan fingerprint density at radius 2 is 1.00 bits per heavy atom. The minimum Gasteiger partial charge on any atom is -0.153 e. The fourth-order valence-corrected chi connectivity index (χ4v) is 0. The maximum Gasteiger partial charge on any atom is 0 e. The standard InChI is InChI=1S/Al.Ga.H3P.Sb/h;;1H3;. The fraction of sp³-hybridized carbons (Fsp3) is 0. The maximum atomic E-state index is 0. The van der Waals surface area contributed by atoms with Crippen LogP contribution in [0.2, 0.25) is 0 Å². The minimum atomic E-state index is 0. The zero-order chi connectivity index (χ0) is 0. The Bertz CT molecular complexity index is 8.00. The van der Waals surface area contributed by atoms with Gasteiger partial charge in [0.2, 0.25) is 0 Å². The van der Waals surface area contributed by atoms with Gasteiger partial charge in [-0.2, -0.15) is 9.90 Å². The van der Waals surface area contributed by atoms with Crippen LogP contribution < -0.4 is 0 Å². The molecule has 0 aliphatic heterocycles. The molecule has 0 spiro atoms. The Kier molecular flexibility index (Phi) is 146. The van der Waals surface area contributed by atoms with E-state index in [0.717, 1.165) is 0 Å². The van der Waals surface area contributed by atoms with Crippen molar-refractivity contribution >= 4 is 71.5 Å². The molecule has 0 rings (SSSR count). The molecule has 0 nitrogen and oxygen atoms in total. The first-order valence-corrected chi connectivity index (χ1v) is 0. The van der Waals surface area contributed by atoms with Gasteiger partial charge in [-0.25, -0.2) is 0 Å². The summed E-state index contributed by atoms with van der Waals surface area (Å²) < 4.78 is 0. The zero-order valence-electron chi connectivity index (χ0n) is 2.31. The first kappa shape index (κ1) is 32.2. The van der Waals surface area contributed by atoms with Crippen LogP contribution in [0.4, 0.5) is 0 Å². The van der Waals surface area contributed by atoms with Crippen molar-refractivity contribution in [2.75, 3.05) is 0 Å². The third-order valence-electron chi connectivity index (χ3n) is 0. The van der Waals surface area contributed by atoms with Crippen molar-refractivity contribution in [2.24, 2.45) is 0 Å². The summed E-state index contributed by atoms with van der Waals surface area (Å²) in [6.07, 6.45) is 0. The summed E-state index contributed by atoms with van der Waals surface area (Å²) in [5, 5.41) is 0. The monoisotopic (exact) mass is 251 g/mol. The van der Waals surface area contributed by atoms with E-state index in [1.807, 2.05) is 0 Å². The predicted octanol–water partition coefficient (Wildman–Crippen LogP) is -1.08. The van der Waals surface area contributed by atoms with Crippen LogP contribution in [0.15, 0.2) is 0 Å². The molecule has 0 N–H and O–H groups in total. The number of rotatable bonds is 0. The molecule has 0 fully saturated rings. The van der Waals surface area contributed by atoms with Crippen molar-refractivity contribution in [3.63, 3.8) is 0 Å². The molecule has 0 aromatic heterocycles. The van der Waals surface area contributed by atoms with E-state index in [0.29, 0.717) is 0 Å². The Morgan fingerprint density at radius 3 is 1.00 bits per heavy atom. The molecule has 0 bridgehead atoms. The van der Waals surface area contributed by atoms with Gasteiger partial charge in [0.1, 0.15) is 0 Å². The van der Waals surface area contributed by atoms with E-state index in [4.69, 9.17) is 0 Å². The molecular formula is H3AlGaPSb. The molecule has 9 radical (unpaired) electrons. The first-order valence-electron chi connectivity index (χ1n) is 0. The second kappa shape index (κ2) is 18.1. The van der Waals surface area contributed by atoms with Crippen molar-refractivity contribution in [3.05, 3.63) is 0 Å². The van der Waals surface area contributed by atoms with E-state index < -0.39 is 0 Å². The molecule has 19 valence electrons. The Morgan fingerprint density at radius 1 is 1.00 bits per heavy atom. The third kappa shape index (κ3) is 8.83. The van der Waals surface area contributed by atoms with Gasteiger partial charge in [0, 0.05) is 61.6 Å². The van der Waals surface area contributed by atoms with Crippen LogP contribution >= 0.6 is 9.90 Å². The van der Waals surface area contributed by atoms with Gasteiger partial charge in [0.25, 0.3) is 0 Å². The Hall–Kier alpha value is 2.42. The van der Waals surface area contributed by atoms with Crippen molar-refractivity contribution in [1.82, 2.24) is 0 Å². The normalized spacial score (nSPS) is 0. The van der Waals surface area contributed by atoms with Crippen LogP contribution in [-0.4, -0.2) is 61.6 Å². The van der Waals surface area contributed by atoms with Gasteiger partial charge in [-0.3, -0.25) is 0 Å². The largest absolute Gasteiger partial charge is 0.153 e. The second-order valence-corrected chi connectivity index (χ2v) is 0. The maximum absolute atomic E-state index is 0. The van der Waals surface area contributed by atoms with E-state index >= 15 is 0 Å². The third-order valence-corrected chi connectivity index (χ3v) is 0. The van der Waals surface area contributed by atoms with Crippen LogP contribution in [0.5, 0.6) is 0 Å². The van der Waals surface area contributed by atoms with Gasteiger partial charge < -0.3 is 0 Å². The van der Waals surface area contributed by atoms with Gasteiger partial charge in [-0.05, 0) is 0 Å². The topological polar surface area (TPSA) is 0 Å². The molecule has 0 aromatic carbocycles. The molecular weight excluding hydrogens is 249 g/mol. The molecule has 1 unspecified atom stereocenters. The predicted molar refractivity (Wildman–Crippen MR) is 28.4 cm³/mol. The summed E-state index contributed by atoms with van der Waals surface area (Å²) in [5.74, 6) is 0. The van der Waals surface area contributed by atoms with Crippen molar-refractivity contribution in [1.29, 1.82) is 0 Å². The van der Waals surface area contributed by atoms with Gasteiger partial charge in [-0.1, -0.05) is 0 Å². The molecule has 0 amide bonds.